The summed E-state index contributed by atoms with van der Waals surface area (Å²) in [5.74, 6) is -0.166. The molecular formula is C24H21Cl2N3O. The third-order valence-electron chi connectivity index (χ3n) is 5.14. The molecule has 4 nitrogen and oxygen atoms in total. The Labute approximate surface area is 185 Å². The van der Waals surface area contributed by atoms with Gasteiger partial charge in [0, 0.05) is 27.5 Å². The number of nitrogens with one attached hydrogen (secondary N) is 1. The number of hydrogen-bond donors (Lipinski definition) is 1. The van der Waals surface area contributed by atoms with Crippen LogP contribution in [0.3, 0.4) is 0 Å². The molecule has 2 aromatic carbocycles. The first kappa shape index (κ1) is 20.5. The summed E-state index contributed by atoms with van der Waals surface area (Å²) >= 11 is 12.1. The summed E-state index contributed by atoms with van der Waals surface area (Å²) in [6.07, 6.45) is 2.12. The second-order valence-corrected chi connectivity index (χ2v) is 8.39. The van der Waals surface area contributed by atoms with Crippen LogP contribution in [-0.4, -0.2) is 15.3 Å². The molecule has 0 saturated carbocycles. The van der Waals surface area contributed by atoms with Crippen LogP contribution >= 0.6 is 23.2 Å². The van der Waals surface area contributed by atoms with Gasteiger partial charge < -0.3 is 9.72 Å². The largest absolute Gasteiger partial charge is 0.326 e. The van der Waals surface area contributed by atoms with Crippen molar-refractivity contribution in [3.8, 4) is 11.3 Å². The topological polar surface area (TPSA) is 46.4 Å². The van der Waals surface area contributed by atoms with E-state index in [1.54, 1.807) is 18.2 Å². The van der Waals surface area contributed by atoms with Crippen molar-refractivity contribution in [3.63, 3.8) is 0 Å². The maximum Gasteiger partial charge on any atom is 0.230 e. The maximum atomic E-state index is 12.9. The van der Waals surface area contributed by atoms with Gasteiger partial charge in [-0.2, -0.15) is 0 Å². The molecular weight excluding hydrogens is 417 g/mol. The zero-order valence-corrected chi connectivity index (χ0v) is 18.5. The fourth-order valence-corrected chi connectivity index (χ4v) is 4.00. The van der Waals surface area contributed by atoms with Crippen LogP contribution in [0.2, 0.25) is 10.0 Å². The van der Waals surface area contributed by atoms with Crippen molar-refractivity contribution in [1.82, 2.24) is 9.38 Å². The fourth-order valence-electron chi connectivity index (χ4n) is 3.47. The Balaban J connectivity index is 1.74. The van der Waals surface area contributed by atoms with Crippen LogP contribution in [-0.2, 0) is 11.2 Å². The summed E-state index contributed by atoms with van der Waals surface area (Å²) in [4.78, 5) is 17.7. The second-order valence-electron chi connectivity index (χ2n) is 7.52. The summed E-state index contributed by atoms with van der Waals surface area (Å²) in [7, 11) is 0. The number of fused-ring (bicyclic) bond motifs is 1. The average molecular weight is 438 g/mol. The minimum Gasteiger partial charge on any atom is -0.326 e. The summed E-state index contributed by atoms with van der Waals surface area (Å²) in [6.45, 7) is 6.18. The van der Waals surface area contributed by atoms with E-state index >= 15 is 0 Å². The number of aryl methyl sites for hydroxylation is 3. The molecule has 0 fully saturated rings. The van der Waals surface area contributed by atoms with E-state index in [9.17, 15) is 4.79 Å². The molecule has 30 heavy (non-hydrogen) atoms. The number of imidazole rings is 1. The zero-order valence-electron chi connectivity index (χ0n) is 17.0. The van der Waals surface area contributed by atoms with Crippen LogP contribution in [0.25, 0.3) is 16.9 Å². The Morgan fingerprint density at radius 1 is 0.967 bits per heavy atom. The van der Waals surface area contributed by atoms with E-state index in [4.69, 9.17) is 28.2 Å². The highest BCUT2D eigenvalue weighted by Crippen LogP contribution is 2.28. The third kappa shape index (κ3) is 4.20. The van der Waals surface area contributed by atoms with E-state index in [0.29, 0.717) is 15.7 Å². The fraction of sp³-hybridized carbons (Fsp3) is 0.167. The molecule has 0 bridgehead atoms. The van der Waals surface area contributed by atoms with Crippen LogP contribution in [0.1, 0.15) is 22.4 Å². The number of rotatable bonds is 4. The lowest BCUT2D eigenvalue weighted by Crippen LogP contribution is -2.16. The monoisotopic (exact) mass is 437 g/mol. The highest BCUT2D eigenvalue weighted by molar-refractivity contribution is 6.35. The van der Waals surface area contributed by atoms with Gasteiger partial charge in [-0.15, -0.1) is 0 Å². The van der Waals surface area contributed by atoms with E-state index in [0.717, 1.165) is 28.2 Å². The van der Waals surface area contributed by atoms with Crippen LogP contribution in [0.4, 0.5) is 5.69 Å². The molecule has 152 valence electrons. The Morgan fingerprint density at radius 3 is 2.40 bits per heavy atom. The lowest BCUT2D eigenvalue weighted by atomic mass is 10.0. The van der Waals surface area contributed by atoms with Gasteiger partial charge in [-0.25, -0.2) is 4.98 Å². The number of carbonyl (C=O) groups is 1. The molecule has 2 heterocycles. The number of amides is 1. The quantitative estimate of drug-likeness (QED) is 0.400. The first-order valence-electron chi connectivity index (χ1n) is 9.61. The van der Waals surface area contributed by atoms with Gasteiger partial charge in [0.25, 0.3) is 0 Å². The molecule has 2 aromatic heterocycles. The predicted octanol–water partition coefficient (Wildman–Crippen LogP) is 6.41. The molecule has 0 spiro atoms. The first-order valence-corrected chi connectivity index (χ1v) is 10.4. The van der Waals surface area contributed by atoms with E-state index < -0.39 is 0 Å². The standard InChI is InChI=1S/C24H21Cl2N3O/c1-14-6-7-29-21(13-23(30)27-20-11-18(25)10-19(26)12-20)24(28-22(29)8-14)17-5-4-15(2)16(3)9-17/h4-12H,13H2,1-3H3,(H,27,30). The highest BCUT2D eigenvalue weighted by Gasteiger charge is 2.18. The number of aromatic nitrogens is 2. The van der Waals surface area contributed by atoms with Gasteiger partial charge in [0.15, 0.2) is 0 Å². The van der Waals surface area contributed by atoms with Crippen molar-refractivity contribution >= 4 is 40.4 Å². The molecule has 0 aliphatic carbocycles. The van der Waals surface area contributed by atoms with Gasteiger partial charge in [0.05, 0.1) is 17.8 Å². The number of anilines is 1. The lowest BCUT2D eigenvalue weighted by molar-refractivity contribution is -0.115. The van der Waals surface area contributed by atoms with Crippen molar-refractivity contribution < 1.29 is 4.79 Å². The first-order chi connectivity index (χ1) is 14.3. The molecule has 6 heteroatoms. The molecule has 1 amide bonds. The molecule has 4 rings (SSSR count). The summed E-state index contributed by atoms with van der Waals surface area (Å²) in [5.41, 5.74) is 7.53. The molecule has 0 aliphatic heterocycles. The smallest absolute Gasteiger partial charge is 0.230 e. The van der Waals surface area contributed by atoms with Crippen molar-refractivity contribution in [2.24, 2.45) is 0 Å². The normalized spacial score (nSPS) is 11.1. The van der Waals surface area contributed by atoms with Crippen LogP contribution < -0.4 is 5.32 Å². The third-order valence-corrected chi connectivity index (χ3v) is 5.57. The van der Waals surface area contributed by atoms with Gasteiger partial charge >= 0.3 is 0 Å². The molecule has 0 aliphatic rings. The zero-order chi connectivity index (χ0) is 21.4. The van der Waals surface area contributed by atoms with Crippen LogP contribution in [0.5, 0.6) is 0 Å². The summed E-state index contributed by atoms with van der Waals surface area (Å²) < 4.78 is 1.97. The molecule has 1 N–H and O–H groups in total. The van der Waals surface area contributed by atoms with E-state index in [1.807, 2.05) is 29.7 Å². The van der Waals surface area contributed by atoms with Gasteiger partial charge in [0.2, 0.25) is 5.91 Å². The average Bonchev–Trinajstić information content (AvgIpc) is 3.00. The van der Waals surface area contributed by atoms with Crippen molar-refractivity contribution in [1.29, 1.82) is 0 Å². The van der Waals surface area contributed by atoms with Gasteiger partial charge in [-0.1, -0.05) is 35.3 Å². The number of pyridine rings is 1. The van der Waals surface area contributed by atoms with Crippen molar-refractivity contribution in [2.45, 2.75) is 27.2 Å². The number of halogens is 2. The minimum atomic E-state index is -0.166. The Hall–Kier alpha value is -2.82. The van der Waals surface area contributed by atoms with E-state index in [2.05, 4.69) is 37.4 Å². The molecule has 0 atom stereocenters. The predicted molar refractivity (Wildman–Crippen MR) is 124 cm³/mol. The Bertz CT molecular complexity index is 1260. The second kappa shape index (κ2) is 8.13. The number of nitrogens with zero attached hydrogens (tertiary/aromatic N) is 2. The minimum absolute atomic E-state index is 0.163. The Morgan fingerprint density at radius 2 is 1.70 bits per heavy atom. The molecule has 0 saturated heterocycles. The Kier molecular flexibility index (Phi) is 5.54. The highest BCUT2D eigenvalue weighted by atomic mass is 35.5. The SMILES string of the molecule is Cc1ccn2c(CC(=O)Nc3cc(Cl)cc(Cl)c3)c(-c3ccc(C)c(C)c3)nc2c1. The number of hydrogen-bond acceptors (Lipinski definition) is 2. The van der Waals surface area contributed by atoms with Gasteiger partial charge in [-0.3, -0.25) is 4.79 Å². The maximum absolute atomic E-state index is 12.9. The summed E-state index contributed by atoms with van der Waals surface area (Å²) in [5, 5.41) is 3.83. The number of carbonyl (C=O) groups excluding carboxylic acids is 1. The molecule has 0 unspecified atom stereocenters. The van der Waals surface area contributed by atoms with Crippen molar-refractivity contribution in [3.05, 3.63) is 87.2 Å². The van der Waals surface area contributed by atoms with Crippen LogP contribution in [0, 0.1) is 20.8 Å². The molecule has 0 radical (unpaired) electrons. The van der Waals surface area contributed by atoms with Gasteiger partial charge in [-0.05, 0) is 73.9 Å². The molecule has 4 aromatic rings. The number of benzene rings is 2. The van der Waals surface area contributed by atoms with E-state index in [-0.39, 0.29) is 12.3 Å². The van der Waals surface area contributed by atoms with Crippen molar-refractivity contribution in [2.75, 3.05) is 5.32 Å². The van der Waals surface area contributed by atoms with E-state index in [1.165, 1.54) is 11.1 Å². The van der Waals surface area contributed by atoms with Crippen LogP contribution in [0.15, 0.2) is 54.7 Å². The lowest BCUT2D eigenvalue weighted by Gasteiger charge is -2.09. The van der Waals surface area contributed by atoms with Gasteiger partial charge in [0.1, 0.15) is 5.65 Å². The summed E-state index contributed by atoms with van der Waals surface area (Å²) in [6, 6.07) is 15.2.